The van der Waals surface area contributed by atoms with Crippen LogP contribution in [0.15, 0.2) is 11.3 Å². The van der Waals surface area contributed by atoms with Gasteiger partial charge in [-0.05, 0) is 18.9 Å². The Morgan fingerprint density at radius 1 is 1.63 bits per heavy atom. The largest absolute Gasteiger partial charge is 0.477 e. The molecule has 1 saturated heterocycles. The lowest BCUT2D eigenvalue weighted by Gasteiger charge is -2.44. The predicted molar refractivity (Wildman–Crippen MR) is 71.5 cm³/mol. The monoisotopic (exact) mass is 286 g/mol. The van der Waals surface area contributed by atoms with Gasteiger partial charge in [0.1, 0.15) is 5.70 Å². The molecule has 19 heavy (non-hydrogen) atoms. The van der Waals surface area contributed by atoms with Gasteiger partial charge in [0, 0.05) is 18.1 Å². The van der Waals surface area contributed by atoms with E-state index in [1.807, 2.05) is 0 Å². The zero-order valence-corrected chi connectivity index (χ0v) is 11.5. The minimum atomic E-state index is -1.07. The molecule has 0 aromatic carbocycles. The highest BCUT2D eigenvalue weighted by atomic mass is 32.2. The van der Waals surface area contributed by atoms with Crippen molar-refractivity contribution in [2.45, 2.75) is 25.5 Å². The van der Waals surface area contributed by atoms with Crippen LogP contribution in [-0.2, 0) is 9.59 Å². The third-order valence-electron chi connectivity index (χ3n) is 3.56. The second kappa shape index (κ2) is 5.52. The zero-order chi connectivity index (χ0) is 14.2. The SMILES string of the molecule is CC(O)[C@H]1C(=O)N2C(C(=O)O)=C(CSCCN)C[C@H]12. The van der Waals surface area contributed by atoms with E-state index >= 15 is 0 Å². The summed E-state index contributed by atoms with van der Waals surface area (Å²) in [6.07, 6.45) is -0.194. The number of amides is 1. The minimum Gasteiger partial charge on any atom is -0.477 e. The maximum atomic E-state index is 11.9. The standard InChI is InChI=1S/C12H18N2O4S/c1-6(15)9-8-4-7(5-19-3-2-13)10(12(17)18)14(8)11(9)16/h6,8-9,15H,2-5,13H2,1H3,(H,17,18)/t6?,8-,9-/m1/s1. The van der Waals surface area contributed by atoms with Crippen LogP contribution >= 0.6 is 11.8 Å². The molecule has 0 bridgehead atoms. The number of carbonyl (C=O) groups is 2. The normalized spacial score (nSPS) is 27.3. The molecule has 0 saturated carbocycles. The van der Waals surface area contributed by atoms with Crippen LogP contribution in [0.25, 0.3) is 0 Å². The van der Waals surface area contributed by atoms with Crippen molar-refractivity contribution in [3.05, 3.63) is 11.3 Å². The first-order chi connectivity index (χ1) is 8.99. The minimum absolute atomic E-state index is 0.108. The Morgan fingerprint density at radius 2 is 2.32 bits per heavy atom. The molecule has 0 radical (unpaired) electrons. The molecule has 7 heteroatoms. The van der Waals surface area contributed by atoms with Gasteiger partial charge in [-0.2, -0.15) is 11.8 Å². The van der Waals surface area contributed by atoms with Crippen molar-refractivity contribution in [2.75, 3.05) is 18.1 Å². The molecule has 2 aliphatic heterocycles. The van der Waals surface area contributed by atoms with Crippen molar-refractivity contribution in [3.8, 4) is 0 Å². The molecule has 0 aromatic heterocycles. The number of carbonyl (C=O) groups excluding carboxylic acids is 1. The first-order valence-electron chi connectivity index (χ1n) is 6.23. The lowest BCUT2D eigenvalue weighted by atomic mass is 9.83. The van der Waals surface area contributed by atoms with Gasteiger partial charge in [0.25, 0.3) is 0 Å². The Morgan fingerprint density at radius 3 is 2.84 bits per heavy atom. The van der Waals surface area contributed by atoms with Crippen molar-refractivity contribution in [1.82, 2.24) is 4.90 Å². The Labute approximate surface area is 115 Å². The Hall–Kier alpha value is -1.05. The third-order valence-corrected chi connectivity index (χ3v) is 4.64. The molecule has 2 aliphatic rings. The van der Waals surface area contributed by atoms with Gasteiger partial charge in [0.05, 0.1) is 18.1 Å². The number of hydrogen-bond donors (Lipinski definition) is 3. The Balaban J connectivity index is 2.14. The van der Waals surface area contributed by atoms with Crippen molar-refractivity contribution >= 4 is 23.6 Å². The molecule has 4 N–H and O–H groups in total. The fraction of sp³-hybridized carbons (Fsp3) is 0.667. The van der Waals surface area contributed by atoms with Crippen LogP contribution in [0.3, 0.4) is 0 Å². The van der Waals surface area contributed by atoms with Crippen LogP contribution in [0.5, 0.6) is 0 Å². The molecule has 0 spiro atoms. The summed E-state index contributed by atoms with van der Waals surface area (Å²) in [7, 11) is 0. The number of thioether (sulfide) groups is 1. The summed E-state index contributed by atoms with van der Waals surface area (Å²) in [4.78, 5) is 24.6. The first-order valence-corrected chi connectivity index (χ1v) is 7.38. The highest BCUT2D eigenvalue weighted by Gasteiger charge is 2.56. The van der Waals surface area contributed by atoms with E-state index in [4.69, 9.17) is 5.73 Å². The second-order valence-corrected chi connectivity index (χ2v) is 5.95. The fourth-order valence-corrected chi connectivity index (χ4v) is 3.58. The lowest BCUT2D eigenvalue weighted by molar-refractivity contribution is -0.161. The fourth-order valence-electron chi connectivity index (χ4n) is 2.77. The van der Waals surface area contributed by atoms with Gasteiger partial charge in [0.2, 0.25) is 5.91 Å². The van der Waals surface area contributed by atoms with E-state index in [9.17, 15) is 19.8 Å². The van der Waals surface area contributed by atoms with Crippen molar-refractivity contribution in [1.29, 1.82) is 0 Å². The third kappa shape index (κ3) is 2.37. The number of hydrogen-bond acceptors (Lipinski definition) is 5. The summed E-state index contributed by atoms with van der Waals surface area (Å²) in [5, 5.41) is 18.8. The molecule has 0 aromatic rings. The van der Waals surface area contributed by atoms with Gasteiger partial charge >= 0.3 is 5.97 Å². The molecule has 1 amide bonds. The number of rotatable bonds is 6. The van der Waals surface area contributed by atoms with Crippen LogP contribution in [0.2, 0.25) is 0 Å². The van der Waals surface area contributed by atoms with Gasteiger partial charge in [-0.15, -0.1) is 0 Å². The van der Waals surface area contributed by atoms with Crippen molar-refractivity contribution in [2.24, 2.45) is 11.7 Å². The predicted octanol–water partition coefficient (Wildman–Crippen LogP) is -0.371. The lowest BCUT2D eigenvalue weighted by Crippen LogP contribution is -2.61. The van der Waals surface area contributed by atoms with Crippen LogP contribution in [0, 0.1) is 5.92 Å². The maximum absolute atomic E-state index is 11.9. The molecule has 1 fully saturated rings. The number of aliphatic hydroxyl groups excluding tert-OH is 1. The van der Waals surface area contributed by atoms with E-state index in [1.54, 1.807) is 18.7 Å². The zero-order valence-electron chi connectivity index (χ0n) is 10.7. The van der Waals surface area contributed by atoms with Crippen molar-refractivity contribution < 1.29 is 19.8 Å². The number of nitrogens with zero attached hydrogens (tertiary/aromatic N) is 1. The first kappa shape index (κ1) is 14.4. The Kier molecular flexibility index (Phi) is 4.17. The number of β-lactam (4-membered cyclic amide) rings is 1. The van der Waals surface area contributed by atoms with Crippen LogP contribution in [0.4, 0.5) is 0 Å². The number of fused-ring (bicyclic) bond motifs is 1. The molecule has 0 aliphatic carbocycles. The van der Waals surface area contributed by atoms with E-state index in [0.29, 0.717) is 18.7 Å². The number of carboxylic acid groups (broad SMARTS) is 1. The highest BCUT2D eigenvalue weighted by Crippen LogP contribution is 2.44. The van der Waals surface area contributed by atoms with E-state index in [-0.39, 0.29) is 17.6 Å². The van der Waals surface area contributed by atoms with E-state index in [2.05, 4.69) is 0 Å². The van der Waals surface area contributed by atoms with Gasteiger partial charge in [-0.25, -0.2) is 4.79 Å². The summed E-state index contributed by atoms with van der Waals surface area (Å²) in [5.41, 5.74) is 6.29. The van der Waals surface area contributed by atoms with Gasteiger partial charge < -0.3 is 20.8 Å². The number of nitrogens with two attached hydrogens (primary N) is 1. The summed E-state index contributed by atoms with van der Waals surface area (Å²) < 4.78 is 0. The number of carboxylic acids is 1. The molecular weight excluding hydrogens is 268 g/mol. The smallest absolute Gasteiger partial charge is 0.352 e. The summed E-state index contributed by atoms with van der Waals surface area (Å²) in [6, 6.07) is -0.188. The average molecular weight is 286 g/mol. The van der Waals surface area contributed by atoms with Crippen LogP contribution in [0.1, 0.15) is 13.3 Å². The molecule has 3 atom stereocenters. The van der Waals surface area contributed by atoms with E-state index < -0.39 is 18.0 Å². The average Bonchev–Trinajstić information content (AvgIpc) is 2.64. The summed E-state index contributed by atoms with van der Waals surface area (Å²) >= 11 is 1.57. The molecule has 2 heterocycles. The second-order valence-electron chi connectivity index (χ2n) is 4.84. The van der Waals surface area contributed by atoms with Gasteiger partial charge in [-0.1, -0.05) is 0 Å². The molecule has 6 nitrogen and oxygen atoms in total. The topological polar surface area (TPSA) is 104 Å². The summed E-state index contributed by atoms with van der Waals surface area (Å²) in [5.74, 6) is -0.480. The maximum Gasteiger partial charge on any atom is 0.352 e. The van der Waals surface area contributed by atoms with Gasteiger partial charge in [0.15, 0.2) is 0 Å². The van der Waals surface area contributed by atoms with Crippen molar-refractivity contribution in [3.63, 3.8) is 0 Å². The number of aliphatic carboxylic acids is 1. The Bertz CT molecular complexity index is 435. The molecule has 1 unspecified atom stereocenters. The molecule has 106 valence electrons. The molecule has 2 rings (SSSR count). The van der Waals surface area contributed by atoms with E-state index in [0.717, 1.165) is 11.3 Å². The van der Waals surface area contributed by atoms with E-state index in [1.165, 1.54) is 4.90 Å². The van der Waals surface area contributed by atoms with Crippen LogP contribution in [-0.4, -0.2) is 57.2 Å². The quantitative estimate of drug-likeness (QED) is 0.454. The molecular formula is C12H18N2O4S. The number of aliphatic hydroxyl groups is 1. The van der Waals surface area contributed by atoms with Gasteiger partial charge in [-0.3, -0.25) is 4.79 Å². The van der Waals surface area contributed by atoms with Crippen LogP contribution < -0.4 is 5.73 Å². The highest BCUT2D eigenvalue weighted by molar-refractivity contribution is 7.99. The summed E-state index contributed by atoms with van der Waals surface area (Å²) in [6.45, 7) is 2.12.